The van der Waals surface area contributed by atoms with Gasteiger partial charge in [-0.2, -0.15) is 0 Å². The fourth-order valence-corrected chi connectivity index (χ4v) is 3.09. The normalized spacial score (nSPS) is 24.3. The van der Waals surface area contributed by atoms with Crippen molar-refractivity contribution in [2.75, 3.05) is 30.8 Å². The standard InChI is InChI=1S/C13H18N4O2/c1-19-12(18)9-7-13(9)2-4-17(5-3-13)11-6-10(14)15-8-16-11/h6,8-9H,2-5,7H2,1H3,(H2,14,15,16). The number of carbonyl (C=O) groups excluding carboxylic acids is 1. The Labute approximate surface area is 112 Å². The molecule has 0 aromatic carbocycles. The minimum atomic E-state index is -0.0558. The Hall–Kier alpha value is -1.85. The lowest BCUT2D eigenvalue weighted by atomic mass is 9.91. The van der Waals surface area contributed by atoms with Crippen molar-refractivity contribution in [1.29, 1.82) is 0 Å². The van der Waals surface area contributed by atoms with Crippen molar-refractivity contribution in [3.63, 3.8) is 0 Å². The third-order valence-electron chi connectivity index (χ3n) is 4.43. The summed E-state index contributed by atoms with van der Waals surface area (Å²) in [6.07, 6.45) is 4.48. The van der Waals surface area contributed by atoms with Gasteiger partial charge in [-0.3, -0.25) is 4.79 Å². The number of hydrogen-bond donors (Lipinski definition) is 1. The van der Waals surface area contributed by atoms with Gasteiger partial charge in [-0.15, -0.1) is 0 Å². The van der Waals surface area contributed by atoms with Crippen LogP contribution in [0.25, 0.3) is 0 Å². The molecule has 1 aromatic rings. The summed E-state index contributed by atoms with van der Waals surface area (Å²) in [4.78, 5) is 21.9. The van der Waals surface area contributed by atoms with Gasteiger partial charge in [0.05, 0.1) is 13.0 Å². The van der Waals surface area contributed by atoms with Gasteiger partial charge in [0.25, 0.3) is 0 Å². The SMILES string of the molecule is COC(=O)C1CC12CCN(c1cc(N)ncn1)CC2. The number of ether oxygens (including phenoxy) is 1. The smallest absolute Gasteiger partial charge is 0.309 e. The number of nitrogen functional groups attached to an aromatic ring is 1. The topological polar surface area (TPSA) is 81.3 Å². The fourth-order valence-electron chi connectivity index (χ4n) is 3.09. The van der Waals surface area contributed by atoms with Crippen LogP contribution in [0.4, 0.5) is 11.6 Å². The third-order valence-corrected chi connectivity index (χ3v) is 4.43. The van der Waals surface area contributed by atoms with Crippen molar-refractivity contribution in [1.82, 2.24) is 9.97 Å². The van der Waals surface area contributed by atoms with Crippen LogP contribution in [0.15, 0.2) is 12.4 Å². The van der Waals surface area contributed by atoms with Crippen LogP contribution in [0.2, 0.25) is 0 Å². The molecule has 19 heavy (non-hydrogen) atoms. The van der Waals surface area contributed by atoms with Crippen LogP contribution >= 0.6 is 0 Å². The summed E-state index contributed by atoms with van der Waals surface area (Å²) in [7, 11) is 1.47. The largest absolute Gasteiger partial charge is 0.469 e. The number of aromatic nitrogens is 2. The zero-order valence-corrected chi connectivity index (χ0v) is 11.0. The van der Waals surface area contributed by atoms with Gasteiger partial charge in [-0.05, 0) is 24.7 Å². The van der Waals surface area contributed by atoms with Gasteiger partial charge in [0, 0.05) is 19.2 Å². The molecule has 1 spiro atoms. The molecular weight excluding hydrogens is 244 g/mol. The molecular formula is C13H18N4O2. The second-order valence-corrected chi connectivity index (χ2v) is 5.43. The van der Waals surface area contributed by atoms with E-state index >= 15 is 0 Å². The monoisotopic (exact) mass is 262 g/mol. The molecule has 102 valence electrons. The van der Waals surface area contributed by atoms with Gasteiger partial charge in [0.15, 0.2) is 0 Å². The second kappa shape index (κ2) is 4.36. The summed E-state index contributed by atoms with van der Waals surface area (Å²) in [5, 5.41) is 0. The minimum Gasteiger partial charge on any atom is -0.469 e. The summed E-state index contributed by atoms with van der Waals surface area (Å²) in [6.45, 7) is 1.81. The van der Waals surface area contributed by atoms with Crippen molar-refractivity contribution in [3.05, 3.63) is 12.4 Å². The Morgan fingerprint density at radius 3 is 2.84 bits per heavy atom. The summed E-state index contributed by atoms with van der Waals surface area (Å²) in [5.41, 5.74) is 5.85. The van der Waals surface area contributed by atoms with Gasteiger partial charge < -0.3 is 15.4 Å². The van der Waals surface area contributed by atoms with Crippen LogP contribution < -0.4 is 10.6 Å². The molecule has 0 bridgehead atoms. The first-order valence-corrected chi connectivity index (χ1v) is 6.55. The predicted octanol–water partition coefficient (Wildman–Crippen LogP) is 0.838. The first-order chi connectivity index (χ1) is 9.14. The molecule has 3 rings (SSSR count). The molecule has 1 saturated carbocycles. The first-order valence-electron chi connectivity index (χ1n) is 6.55. The van der Waals surface area contributed by atoms with Gasteiger partial charge in [-0.1, -0.05) is 0 Å². The molecule has 0 radical (unpaired) electrons. The van der Waals surface area contributed by atoms with Crippen LogP contribution in [0.3, 0.4) is 0 Å². The van der Waals surface area contributed by atoms with E-state index in [1.807, 2.05) is 0 Å². The van der Waals surface area contributed by atoms with E-state index in [-0.39, 0.29) is 17.3 Å². The van der Waals surface area contributed by atoms with Gasteiger partial charge in [-0.25, -0.2) is 9.97 Å². The van der Waals surface area contributed by atoms with E-state index in [0.717, 1.165) is 38.2 Å². The van der Waals surface area contributed by atoms with Gasteiger partial charge in [0.2, 0.25) is 0 Å². The van der Waals surface area contributed by atoms with Crippen LogP contribution in [-0.4, -0.2) is 36.1 Å². The van der Waals surface area contributed by atoms with Crippen LogP contribution in [0.5, 0.6) is 0 Å². The highest BCUT2D eigenvalue weighted by Crippen LogP contribution is 2.59. The van der Waals surface area contributed by atoms with Crippen molar-refractivity contribution < 1.29 is 9.53 Å². The number of carbonyl (C=O) groups is 1. The molecule has 2 fully saturated rings. The summed E-state index contributed by atoms with van der Waals surface area (Å²) in [6, 6.07) is 1.79. The molecule has 1 aromatic heterocycles. The lowest BCUT2D eigenvalue weighted by Gasteiger charge is -2.33. The van der Waals surface area contributed by atoms with Crippen LogP contribution in [0.1, 0.15) is 19.3 Å². The number of nitrogens with zero attached hydrogens (tertiary/aromatic N) is 3. The van der Waals surface area contributed by atoms with Crippen LogP contribution in [0, 0.1) is 11.3 Å². The Morgan fingerprint density at radius 2 is 2.21 bits per heavy atom. The maximum absolute atomic E-state index is 11.6. The van der Waals surface area contributed by atoms with E-state index < -0.39 is 0 Å². The molecule has 1 atom stereocenters. The molecule has 2 heterocycles. The number of methoxy groups -OCH3 is 1. The van der Waals surface area contributed by atoms with Gasteiger partial charge in [0.1, 0.15) is 18.0 Å². The molecule has 1 unspecified atom stereocenters. The highest BCUT2D eigenvalue weighted by atomic mass is 16.5. The highest BCUT2D eigenvalue weighted by Gasteiger charge is 2.59. The maximum Gasteiger partial charge on any atom is 0.309 e. The third kappa shape index (κ3) is 2.11. The van der Waals surface area contributed by atoms with E-state index in [9.17, 15) is 4.79 Å². The lowest BCUT2D eigenvalue weighted by Crippen LogP contribution is -2.36. The van der Waals surface area contributed by atoms with E-state index in [2.05, 4.69) is 14.9 Å². The number of hydrogen-bond acceptors (Lipinski definition) is 6. The maximum atomic E-state index is 11.6. The van der Waals surface area contributed by atoms with E-state index in [4.69, 9.17) is 10.5 Å². The van der Waals surface area contributed by atoms with Crippen molar-refractivity contribution in [3.8, 4) is 0 Å². The Bertz CT molecular complexity index is 497. The summed E-state index contributed by atoms with van der Waals surface area (Å²) < 4.78 is 4.84. The van der Waals surface area contributed by atoms with Crippen LogP contribution in [-0.2, 0) is 9.53 Å². The molecule has 2 aliphatic rings. The molecule has 1 aliphatic carbocycles. The molecule has 2 N–H and O–H groups in total. The number of piperidine rings is 1. The Balaban J connectivity index is 1.63. The average molecular weight is 262 g/mol. The van der Waals surface area contributed by atoms with E-state index in [1.54, 1.807) is 6.07 Å². The number of nitrogens with two attached hydrogens (primary N) is 1. The van der Waals surface area contributed by atoms with E-state index in [1.165, 1.54) is 13.4 Å². The number of anilines is 2. The fraction of sp³-hybridized carbons (Fsp3) is 0.615. The molecule has 0 amide bonds. The lowest BCUT2D eigenvalue weighted by molar-refractivity contribution is -0.143. The second-order valence-electron chi connectivity index (χ2n) is 5.43. The van der Waals surface area contributed by atoms with E-state index in [0.29, 0.717) is 5.82 Å². The van der Waals surface area contributed by atoms with Crippen molar-refractivity contribution in [2.45, 2.75) is 19.3 Å². The zero-order chi connectivity index (χ0) is 13.5. The van der Waals surface area contributed by atoms with Crippen molar-refractivity contribution in [2.24, 2.45) is 11.3 Å². The molecule has 1 saturated heterocycles. The molecule has 1 aliphatic heterocycles. The minimum absolute atomic E-state index is 0.0558. The number of rotatable bonds is 2. The average Bonchev–Trinajstić information content (AvgIpc) is 3.12. The summed E-state index contributed by atoms with van der Waals surface area (Å²) >= 11 is 0. The van der Waals surface area contributed by atoms with Gasteiger partial charge >= 0.3 is 5.97 Å². The predicted molar refractivity (Wildman–Crippen MR) is 70.4 cm³/mol. The highest BCUT2D eigenvalue weighted by molar-refractivity contribution is 5.77. The number of esters is 1. The molecule has 6 nitrogen and oxygen atoms in total. The van der Waals surface area contributed by atoms with Crippen molar-refractivity contribution >= 4 is 17.6 Å². The Morgan fingerprint density at radius 1 is 1.47 bits per heavy atom. The summed E-state index contributed by atoms with van der Waals surface area (Å²) in [5.74, 6) is 1.41. The quantitative estimate of drug-likeness (QED) is 0.795. The zero-order valence-electron chi connectivity index (χ0n) is 11.0. The Kier molecular flexibility index (Phi) is 2.80. The molecule has 6 heteroatoms. The first kappa shape index (κ1) is 12.2.